The van der Waals surface area contributed by atoms with Gasteiger partial charge < -0.3 is 5.32 Å². The molecule has 0 saturated heterocycles. The summed E-state index contributed by atoms with van der Waals surface area (Å²) in [5, 5.41) is 3.48. The zero-order chi connectivity index (χ0) is 8.65. The Bertz CT molecular complexity index is 123. The number of hydrogen-bond donors (Lipinski definition) is 1. The minimum atomic E-state index is 0.770. The van der Waals surface area contributed by atoms with Crippen molar-refractivity contribution in [3.8, 4) is 0 Å². The molecule has 0 amide bonds. The Morgan fingerprint density at radius 1 is 1.25 bits per heavy atom. The Balaban J connectivity index is 2.04. The van der Waals surface area contributed by atoms with Crippen LogP contribution in [0, 0.1) is 0 Å². The molecule has 0 heterocycles. The minimum absolute atomic E-state index is 0.770. The van der Waals surface area contributed by atoms with Crippen LogP contribution in [-0.2, 0) is 0 Å². The molecule has 1 heteroatoms. The van der Waals surface area contributed by atoms with E-state index in [2.05, 4.69) is 24.5 Å². The first-order valence-electron chi connectivity index (χ1n) is 5.34. The quantitative estimate of drug-likeness (QED) is 0.678. The zero-order valence-corrected chi connectivity index (χ0v) is 8.18. The van der Waals surface area contributed by atoms with Crippen LogP contribution in [0.15, 0.2) is 12.3 Å². The molecule has 1 nitrogen and oxygen atoms in total. The average molecular weight is 167 g/mol. The topological polar surface area (TPSA) is 12.0 Å². The fourth-order valence-corrected chi connectivity index (χ4v) is 1.72. The van der Waals surface area contributed by atoms with Crippen LogP contribution in [0.2, 0.25) is 0 Å². The van der Waals surface area contributed by atoms with Crippen LogP contribution in [0.1, 0.15) is 51.9 Å². The predicted octanol–water partition coefficient (Wildman–Crippen LogP) is 3.22. The zero-order valence-electron chi connectivity index (χ0n) is 8.18. The molecule has 0 aromatic rings. The van der Waals surface area contributed by atoms with E-state index in [9.17, 15) is 0 Å². The van der Waals surface area contributed by atoms with Crippen molar-refractivity contribution in [3.63, 3.8) is 0 Å². The van der Waals surface area contributed by atoms with Gasteiger partial charge in [-0.1, -0.05) is 38.7 Å². The fraction of sp³-hybridized carbons (Fsp3) is 0.818. The number of allylic oxidation sites excluding steroid dienone is 1. The SMILES string of the molecule is CCC/C=C\NC1CCCCC1. The lowest BCUT2D eigenvalue weighted by molar-refractivity contribution is 0.404. The monoisotopic (exact) mass is 167 g/mol. The molecule has 0 bridgehead atoms. The average Bonchev–Trinajstić information content (AvgIpc) is 2.14. The van der Waals surface area contributed by atoms with Crippen molar-refractivity contribution in [1.29, 1.82) is 0 Å². The van der Waals surface area contributed by atoms with Gasteiger partial charge in [-0.25, -0.2) is 0 Å². The Morgan fingerprint density at radius 2 is 2.00 bits per heavy atom. The largest absolute Gasteiger partial charge is 0.388 e. The van der Waals surface area contributed by atoms with Crippen LogP contribution in [-0.4, -0.2) is 6.04 Å². The number of nitrogens with one attached hydrogen (secondary N) is 1. The van der Waals surface area contributed by atoms with Gasteiger partial charge in [0, 0.05) is 6.04 Å². The maximum absolute atomic E-state index is 3.48. The van der Waals surface area contributed by atoms with E-state index in [-0.39, 0.29) is 0 Å². The number of unbranched alkanes of at least 4 members (excludes halogenated alkanes) is 1. The van der Waals surface area contributed by atoms with Crippen LogP contribution in [0.4, 0.5) is 0 Å². The van der Waals surface area contributed by atoms with Gasteiger partial charge in [-0.05, 0) is 25.5 Å². The second-order valence-corrected chi connectivity index (χ2v) is 3.69. The third-order valence-electron chi connectivity index (χ3n) is 2.51. The van der Waals surface area contributed by atoms with E-state index in [4.69, 9.17) is 0 Å². The molecule has 1 saturated carbocycles. The van der Waals surface area contributed by atoms with Gasteiger partial charge in [0.1, 0.15) is 0 Å². The second-order valence-electron chi connectivity index (χ2n) is 3.69. The van der Waals surface area contributed by atoms with E-state index in [0.29, 0.717) is 0 Å². The van der Waals surface area contributed by atoms with Gasteiger partial charge in [-0.2, -0.15) is 0 Å². The molecular weight excluding hydrogens is 146 g/mol. The summed E-state index contributed by atoms with van der Waals surface area (Å²) in [5.74, 6) is 0. The van der Waals surface area contributed by atoms with Gasteiger partial charge in [0.2, 0.25) is 0 Å². The lowest BCUT2D eigenvalue weighted by Gasteiger charge is -2.21. The van der Waals surface area contributed by atoms with Gasteiger partial charge in [0.25, 0.3) is 0 Å². The summed E-state index contributed by atoms with van der Waals surface area (Å²) < 4.78 is 0. The van der Waals surface area contributed by atoms with Crippen molar-refractivity contribution in [2.24, 2.45) is 0 Å². The Hall–Kier alpha value is -0.460. The predicted molar refractivity (Wildman–Crippen MR) is 54.1 cm³/mol. The van der Waals surface area contributed by atoms with Gasteiger partial charge in [0.15, 0.2) is 0 Å². The smallest absolute Gasteiger partial charge is 0.0255 e. The molecule has 1 N–H and O–H groups in total. The maximum atomic E-state index is 3.48. The molecule has 0 aromatic heterocycles. The summed E-state index contributed by atoms with van der Waals surface area (Å²) in [6.45, 7) is 2.21. The molecule has 0 unspecified atom stereocenters. The molecule has 0 radical (unpaired) electrons. The van der Waals surface area contributed by atoms with E-state index in [1.807, 2.05) is 0 Å². The third-order valence-corrected chi connectivity index (χ3v) is 2.51. The molecule has 70 valence electrons. The number of rotatable bonds is 4. The van der Waals surface area contributed by atoms with Gasteiger partial charge in [0.05, 0.1) is 0 Å². The van der Waals surface area contributed by atoms with E-state index in [0.717, 1.165) is 6.04 Å². The normalized spacial score (nSPS) is 20.1. The van der Waals surface area contributed by atoms with Crippen molar-refractivity contribution >= 4 is 0 Å². The Kier molecular flexibility index (Phi) is 4.89. The molecule has 1 aliphatic carbocycles. The van der Waals surface area contributed by atoms with Crippen molar-refractivity contribution in [3.05, 3.63) is 12.3 Å². The lowest BCUT2D eigenvalue weighted by Crippen LogP contribution is -2.26. The van der Waals surface area contributed by atoms with E-state index in [1.54, 1.807) is 0 Å². The van der Waals surface area contributed by atoms with Crippen LogP contribution in [0.5, 0.6) is 0 Å². The first-order valence-corrected chi connectivity index (χ1v) is 5.34. The summed E-state index contributed by atoms with van der Waals surface area (Å²) in [6.07, 6.45) is 13.9. The molecule has 0 atom stereocenters. The van der Waals surface area contributed by atoms with E-state index in [1.165, 1.54) is 44.9 Å². The van der Waals surface area contributed by atoms with E-state index < -0.39 is 0 Å². The summed E-state index contributed by atoms with van der Waals surface area (Å²) in [6, 6.07) is 0.770. The third kappa shape index (κ3) is 3.80. The number of hydrogen-bond acceptors (Lipinski definition) is 1. The van der Waals surface area contributed by atoms with Crippen molar-refractivity contribution < 1.29 is 0 Å². The summed E-state index contributed by atoms with van der Waals surface area (Å²) >= 11 is 0. The van der Waals surface area contributed by atoms with Crippen molar-refractivity contribution in [1.82, 2.24) is 5.32 Å². The van der Waals surface area contributed by atoms with Gasteiger partial charge in [-0.3, -0.25) is 0 Å². The molecule has 1 rings (SSSR count). The Labute approximate surface area is 76.2 Å². The van der Waals surface area contributed by atoms with Crippen LogP contribution in [0.3, 0.4) is 0 Å². The van der Waals surface area contributed by atoms with Crippen molar-refractivity contribution in [2.75, 3.05) is 0 Å². The molecule has 1 fully saturated rings. The first kappa shape index (κ1) is 9.63. The molecular formula is C11H21N. The standard InChI is InChI=1S/C11H21N/c1-2-3-7-10-12-11-8-5-4-6-9-11/h7,10-12H,2-6,8-9H2,1H3/b10-7-. The highest BCUT2D eigenvalue weighted by atomic mass is 14.9. The second kappa shape index (κ2) is 6.10. The van der Waals surface area contributed by atoms with Crippen LogP contribution < -0.4 is 5.32 Å². The summed E-state index contributed by atoms with van der Waals surface area (Å²) in [7, 11) is 0. The highest BCUT2D eigenvalue weighted by Gasteiger charge is 2.10. The molecule has 12 heavy (non-hydrogen) atoms. The highest BCUT2D eigenvalue weighted by Crippen LogP contribution is 2.17. The maximum Gasteiger partial charge on any atom is 0.0255 e. The fourth-order valence-electron chi connectivity index (χ4n) is 1.72. The molecule has 0 aromatic carbocycles. The molecule has 1 aliphatic rings. The molecule has 0 spiro atoms. The van der Waals surface area contributed by atoms with Gasteiger partial charge in [-0.15, -0.1) is 0 Å². The summed E-state index contributed by atoms with van der Waals surface area (Å²) in [5.41, 5.74) is 0. The lowest BCUT2D eigenvalue weighted by atomic mass is 9.96. The van der Waals surface area contributed by atoms with Crippen molar-refractivity contribution in [2.45, 2.75) is 57.9 Å². The highest BCUT2D eigenvalue weighted by molar-refractivity contribution is 4.84. The van der Waals surface area contributed by atoms with E-state index >= 15 is 0 Å². The van der Waals surface area contributed by atoms with Gasteiger partial charge >= 0.3 is 0 Å². The molecule has 0 aliphatic heterocycles. The minimum Gasteiger partial charge on any atom is -0.388 e. The Morgan fingerprint density at radius 3 is 2.67 bits per heavy atom. The van der Waals surface area contributed by atoms with Crippen LogP contribution in [0.25, 0.3) is 0 Å². The van der Waals surface area contributed by atoms with Crippen LogP contribution >= 0.6 is 0 Å². The first-order chi connectivity index (χ1) is 5.93. The summed E-state index contributed by atoms with van der Waals surface area (Å²) in [4.78, 5) is 0.